The van der Waals surface area contributed by atoms with Gasteiger partial charge in [0.15, 0.2) is 0 Å². The van der Waals surface area contributed by atoms with Gasteiger partial charge >= 0.3 is 5.97 Å². The molecule has 7 nitrogen and oxygen atoms in total. The van der Waals surface area contributed by atoms with Crippen molar-refractivity contribution in [3.8, 4) is 11.6 Å². The van der Waals surface area contributed by atoms with Gasteiger partial charge < -0.3 is 14.5 Å². The van der Waals surface area contributed by atoms with E-state index in [-0.39, 0.29) is 5.82 Å². The van der Waals surface area contributed by atoms with Crippen LogP contribution < -0.4 is 9.47 Å². The van der Waals surface area contributed by atoms with Crippen LogP contribution in [0.3, 0.4) is 0 Å². The Kier molecular flexibility index (Phi) is 4.60. The van der Waals surface area contributed by atoms with E-state index < -0.39 is 5.97 Å². The largest absolute Gasteiger partial charge is 0.492 e. The molecule has 0 atom stereocenters. The number of ether oxygens (including phenoxy) is 2. The summed E-state index contributed by atoms with van der Waals surface area (Å²) in [5.74, 6) is 0.798. The molecule has 24 heavy (non-hydrogen) atoms. The standard InChI is InChI=1S/C17H18N4O3/c1-12-13(2)20-21(10-11-23-14-6-4-3-5-7-14)16(12)24-17(22)15-18-8-9-19-15/h3-9H,10-11H2,1-2H3,(H,18,19). The highest BCUT2D eigenvalue weighted by Crippen LogP contribution is 2.22. The van der Waals surface area contributed by atoms with E-state index in [1.165, 1.54) is 6.20 Å². The van der Waals surface area contributed by atoms with Crippen LogP contribution in [0.2, 0.25) is 0 Å². The Labute approximate surface area is 139 Å². The molecule has 2 aromatic heterocycles. The fourth-order valence-corrected chi connectivity index (χ4v) is 2.21. The molecular formula is C17H18N4O3. The van der Waals surface area contributed by atoms with Crippen LogP contribution >= 0.6 is 0 Å². The van der Waals surface area contributed by atoms with E-state index in [1.54, 1.807) is 10.9 Å². The monoisotopic (exact) mass is 326 g/mol. The van der Waals surface area contributed by atoms with Gasteiger partial charge in [-0.05, 0) is 26.0 Å². The number of nitrogens with one attached hydrogen (secondary N) is 1. The summed E-state index contributed by atoms with van der Waals surface area (Å²) in [5.41, 5.74) is 1.62. The Hall–Kier alpha value is -3.09. The van der Waals surface area contributed by atoms with Crippen LogP contribution in [0.1, 0.15) is 21.9 Å². The molecule has 3 rings (SSSR count). The minimum absolute atomic E-state index is 0.153. The normalized spacial score (nSPS) is 10.6. The van der Waals surface area contributed by atoms with Gasteiger partial charge in [-0.1, -0.05) is 18.2 Å². The number of para-hydroxylation sites is 1. The van der Waals surface area contributed by atoms with Gasteiger partial charge in [0, 0.05) is 18.0 Å². The average Bonchev–Trinajstić information content (AvgIpc) is 3.21. The third-order valence-corrected chi connectivity index (χ3v) is 3.56. The predicted molar refractivity (Wildman–Crippen MR) is 87.2 cm³/mol. The highest BCUT2D eigenvalue weighted by Gasteiger charge is 2.19. The van der Waals surface area contributed by atoms with Crippen molar-refractivity contribution in [1.29, 1.82) is 0 Å². The number of aromatic nitrogens is 4. The second kappa shape index (κ2) is 6.99. The number of imidazole rings is 1. The van der Waals surface area contributed by atoms with Gasteiger partial charge in [-0.3, -0.25) is 0 Å². The van der Waals surface area contributed by atoms with Crippen LogP contribution in [0, 0.1) is 13.8 Å². The summed E-state index contributed by atoms with van der Waals surface area (Å²) in [5, 5.41) is 4.40. The molecule has 0 saturated heterocycles. The number of benzene rings is 1. The Bertz CT molecular complexity index is 810. The second-order valence-electron chi connectivity index (χ2n) is 5.23. The molecule has 0 bridgehead atoms. The SMILES string of the molecule is Cc1nn(CCOc2ccccc2)c(OC(=O)c2ncc[nH]2)c1C. The minimum Gasteiger partial charge on any atom is -0.492 e. The lowest BCUT2D eigenvalue weighted by atomic mass is 10.3. The lowest BCUT2D eigenvalue weighted by molar-refractivity contribution is 0.0703. The number of esters is 1. The molecule has 0 aliphatic carbocycles. The van der Waals surface area contributed by atoms with Gasteiger partial charge in [-0.2, -0.15) is 5.10 Å². The van der Waals surface area contributed by atoms with Gasteiger partial charge in [-0.15, -0.1) is 0 Å². The lowest BCUT2D eigenvalue weighted by Gasteiger charge is -2.09. The van der Waals surface area contributed by atoms with Crippen molar-refractivity contribution in [1.82, 2.24) is 19.7 Å². The maximum Gasteiger partial charge on any atom is 0.381 e. The number of rotatable bonds is 6. The number of aromatic amines is 1. The van der Waals surface area contributed by atoms with E-state index in [4.69, 9.17) is 9.47 Å². The topological polar surface area (TPSA) is 82.0 Å². The first kappa shape index (κ1) is 15.8. The van der Waals surface area contributed by atoms with Crippen LogP contribution in [-0.4, -0.2) is 32.3 Å². The molecule has 3 aromatic rings. The van der Waals surface area contributed by atoms with E-state index in [0.717, 1.165) is 17.0 Å². The molecule has 0 radical (unpaired) electrons. The van der Waals surface area contributed by atoms with Crippen molar-refractivity contribution >= 4 is 5.97 Å². The Balaban J connectivity index is 1.69. The zero-order valence-corrected chi connectivity index (χ0v) is 13.5. The van der Waals surface area contributed by atoms with Gasteiger partial charge in [0.1, 0.15) is 12.4 Å². The van der Waals surface area contributed by atoms with Crippen LogP contribution in [0.15, 0.2) is 42.7 Å². The summed E-state index contributed by atoms with van der Waals surface area (Å²) in [6.07, 6.45) is 3.07. The molecule has 0 spiro atoms. The fourth-order valence-electron chi connectivity index (χ4n) is 2.21. The molecule has 0 saturated carbocycles. The van der Waals surface area contributed by atoms with Gasteiger partial charge in [0.2, 0.25) is 11.7 Å². The van der Waals surface area contributed by atoms with Crippen LogP contribution in [0.25, 0.3) is 0 Å². The Morgan fingerprint density at radius 1 is 1.25 bits per heavy atom. The number of hydrogen-bond acceptors (Lipinski definition) is 5. The third-order valence-electron chi connectivity index (χ3n) is 3.56. The predicted octanol–water partition coefficient (Wildman–Crippen LogP) is 2.52. The van der Waals surface area contributed by atoms with E-state index in [0.29, 0.717) is 19.0 Å². The van der Waals surface area contributed by atoms with Crippen molar-refractivity contribution < 1.29 is 14.3 Å². The molecule has 0 unspecified atom stereocenters. The molecule has 1 N–H and O–H groups in total. The van der Waals surface area contributed by atoms with Crippen molar-refractivity contribution in [2.24, 2.45) is 0 Å². The Morgan fingerprint density at radius 2 is 2.04 bits per heavy atom. The summed E-state index contributed by atoms with van der Waals surface area (Å²) in [6.45, 7) is 4.61. The summed E-state index contributed by atoms with van der Waals surface area (Å²) < 4.78 is 12.8. The van der Waals surface area contributed by atoms with Crippen molar-refractivity contribution in [2.75, 3.05) is 6.61 Å². The molecule has 124 valence electrons. The number of carbonyl (C=O) groups excluding carboxylic acids is 1. The highest BCUT2D eigenvalue weighted by molar-refractivity contribution is 5.87. The molecule has 0 fully saturated rings. The van der Waals surface area contributed by atoms with E-state index in [2.05, 4.69) is 15.1 Å². The Morgan fingerprint density at radius 3 is 2.75 bits per heavy atom. The molecule has 0 amide bonds. The number of nitrogens with zero attached hydrogens (tertiary/aromatic N) is 3. The molecule has 0 aliphatic heterocycles. The zero-order valence-electron chi connectivity index (χ0n) is 13.5. The van der Waals surface area contributed by atoms with Gasteiger partial charge in [0.25, 0.3) is 0 Å². The van der Waals surface area contributed by atoms with Crippen molar-refractivity contribution in [3.63, 3.8) is 0 Å². The maximum atomic E-state index is 12.1. The van der Waals surface area contributed by atoms with Gasteiger partial charge in [0.05, 0.1) is 12.2 Å². The third kappa shape index (κ3) is 3.45. The molecule has 2 heterocycles. The average molecular weight is 326 g/mol. The summed E-state index contributed by atoms with van der Waals surface area (Å²) >= 11 is 0. The first-order chi connectivity index (χ1) is 11.6. The molecule has 0 aliphatic rings. The second-order valence-corrected chi connectivity index (χ2v) is 5.23. The van der Waals surface area contributed by atoms with Crippen LogP contribution in [-0.2, 0) is 6.54 Å². The zero-order chi connectivity index (χ0) is 16.9. The molecule has 7 heteroatoms. The number of hydrogen-bond donors (Lipinski definition) is 1. The smallest absolute Gasteiger partial charge is 0.381 e. The summed E-state index contributed by atoms with van der Waals surface area (Å²) in [7, 11) is 0. The number of carbonyl (C=O) groups is 1. The minimum atomic E-state index is -0.548. The van der Waals surface area contributed by atoms with Crippen molar-refractivity contribution in [2.45, 2.75) is 20.4 Å². The fraction of sp³-hybridized carbons (Fsp3) is 0.235. The lowest BCUT2D eigenvalue weighted by Crippen LogP contribution is -2.16. The summed E-state index contributed by atoms with van der Waals surface area (Å²) in [4.78, 5) is 18.7. The maximum absolute atomic E-state index is 12.1. The quantitative estimate of drug-likeness (QED) is 0.704. The number of H-pyrrole nitrogens is 1. The number of aryl methyl sites for hydroxylation is 1. The van der Waals surface area contributed by atoms with Crippen LogP contribution in [0.4, 0.5) is 0 Å². The molecular weight excluding hydrogens is 308 g/mol. The van der Waals surface area contributed by atoms with Crippen molar-refractivity contribution in [3.05, 3.63) is 59.8 Å². The highest BCUT2D eigenvalue weighted by atomic mass is 16.5. The first-order valence-electron chi connectivity index (χ1n) is 7.58. The van der Waals surface area contributed by atoms with E-state index in [1.807, 2.05) is 44.2 Å². The summed E-state index contributed by atoms with van der Waals surface area (Å²) in [6, 6.07) is 9.52. The first-order valence-corrected chi connectivity index (χ1v) is 7.58. The van der Waals surface area contributed by atoms with E-state index >= 15 is 0 Å². The molecule has 1 aromatic carbocycles. The van der Waals surface area contributed by atoms with E-state index in [9.17, 15) is 4.79 Å². The van der Waals surface area contributed by atoms with Gasteiger partial charge in [-0.25, -0.2) is 14.5 Å². The van der Waals surface area contributed by atoms with Crippen LogP contribution in [0.5, 0.6) is 11.6 Å².